The average Bonchev–Trinajstić information content (AvgIpc) is 2.67. The number of methoxy groups -OCH3 is 1. The van der Waals surface area contributed by atoms with Gasteiger partial charge in [0.1, 0.15) is 41.4 Å². The minimum absolute atomic E-state index is 0.337. The van der Waals surface area contributed by atoms with E-state index in [1.54, 1.807) is 38.3 Å². The molecule has 0 amide bonds. The third-order valence-corrected chi connectivity index (χ3v) is 3.71. The van der Waals surface area contributed by atoms with Gasteiger partial charge in [0.2, 0.25) is 0 Å². The van der Waals surface area contributed by atoms with E-state index in [2.05, 4.69) is 20.6 Å². The number of nitrogens with zero attached hydrogens (tertiary/aromatic N) is 2. The molecule has 6 nitrogen and oxygen atoms in total. The lowest BCUT2D eigenvalue weighted by Gasteiger charge is -2.11. The lowest BCUT2D eigenvalue weighted by molar-refractivity contribution is 0.331. The number of rotatable bonds is 8. The van der Waals surface area contributed by atoms with E-state index >= 15 is 0 Å². The number of aryl methyl sites for hydroxylation is 1. The SMILES string of the molecule is COc1ccc(OCCNc2cc(Nc3ccccc3F)nc(C)n2)cc1. The molecule has 1 heterocycles. The van der Waals surface area contributed by atoms with Crippen LogP contribution in [0, 0.1) is 12.7 Å². The molecule has 2 N–H and O–H groups in total. The van der Waals surface area contributed by atoms with Crippen molar-refractivity contribution in [2.75, 3.05) is 30.9 Å². The minimum Gasteiger partial charge on any atom is -0.497 e. The van der Waals surface area contributed by atoms with Crippen LogP contribution in [0.5, 0.6) is 11.5 Å². The first kappa shape index (κ1) is 18.4. The van der Waals surface area contributed by atoms with E-state index in [4.69, 9.17) is 9.47 Å². The highest BCUT2D eigenvalue weighted by molar-refractivity contribution is 5.59. The first-order chi connectivity index (χ1) is 13.1. The Hall–Kier alpha value is -3.35. The molecular formula is C20H21FN4O2. The maximum atomic E-state index is 13.8. The normalized spacial score (nSPS) is 10.3. The maximum absolute atomic E-state index is 13.8. The molecule has 3 aromatic rings. The maximum Gasteiger partial charge on any atom is 0.146 e. The molecule has 0 saturated carbocycles. The van der Waals surface area contributed by atoms with Crippen molar-refractivity contribution in [3.05, 3.63) is 66.2 Å². The smallest absolute Gasteiger partial charge is 0.146 e. The summed E-state index contributed by atoms with van der Waals surface area (Å²) in [6.07, 6.45) is 0. The Labute approximate surface area is 157 Å². The molecule has 1 aromatic heterocycles. The highest BCUT2D eigenvalue weighted by atomic mass is 19.1. The molecular weight excluding hydrogens is 347 g/mol. The third-order valence-electron chi connectivity index (χ3n) is 3.71. The Bertz CT molecular complexity index is 887. The minimum atomic E-state index is -0.337. The first-order valence-corrected chi connectivity index (χ1v) is 8.52. The van der Waals surface area contributed by atoms with Gasteiger partial charge in [0.05, 0.1) is 19.3 Å². The van der Waals surface area contributed by atoms with Crippen LogP contribution >= 0.6 is 0 Å². The van der Waals surface area contributed by atoms with E-state index in [-0.39, 0.29) is 5.82 Å². The summed E-state index contributed by atoms with van der Waals surface area (Å²) in [6, 6.07) is 15.6. The Morgan fingerprint density at radius 1 is 0.963 bits per heavy atom. The Morgan fingerprint density at radius 2 is 1.67 bits per heavy atom. The summed E-state index contributed by atoms with van der Waals surface area (Å²) in [4.78, 5) is 8.63. The quantitative estimate of drug-likeness (QED) is 0.582. The zero-order valence-corrected chi connectivity index (χ0v) is 15.2. The van der Waals surface area contributed by atoms with E-state index in [9.17, 15) is 4.39 Å². The number of para-hydroxylation sites is 1. The van der Waals surface area contributed by atoms with Crippen molar-refractivity contribution in [1.29, 1.82) is 0 Å². The van der Waals surface area contributed by atoms with Gasteiger partial charge in [0, 0.05) is 6.07 Å². The zero-order chi connectivity index (χ0) is 19.1. The summed E-state index contributed by atoms with van der Waals surface area (Å²) >= 11 is 0. The molecule has 27 heavy (non-hydrogen) atoms. The lowest BCUT2D eigenvalue weighted by Crippen LogP contribution is -2.13. The Kier molecular flexibility index (Phi) is 6.04. The fourth-order valence-corrected chi connectivity index (χ4v) is 2.44. The number of aromatic nitrogens is 2. The van der Waals surface area contributed by atoms with Crippen LogP contribution in [0.3, 0.4) is 0 Å². The predicted molar refractivity (Wildman–Crippen MR) is 103 cm³/mol. The number of benzene rings is 2. The summed E-state index contributed by atoms with van der Waals surface area (Å²) in [5.41, 5.74) is 0.365. The fourth-order valence-electron chi connectivity index (χ4n) is 2.44. The second-order valence-corrected chi connectivity index (χ2v) is 5.74. The fraction of sp³-hybridized carbons (Fsp3) is 0.200. The largest absolute Gasteiger partial charge is 0.497 e. The number of ether oxygens (including phenoxy) is 2. The average molecular weight is 368 g/mol. The molecule has 0 fully saturated rings. The summed E-state index contributed by atoms with van der Waals surface area (Å²) in [6.45, 7) is 2.80. The number of halogens is 1. The van der Waals surface area contributed by atoms with Crippen molar-refractivity contribution >= 4 is 17.3 Å². The zero-order valence-electron chi connectivity index (χ0n) is 15.2. The molecule has 0 unspecified atom stereocenters. The lowest BCUT2D eigenvalue weighted by atomic mass is 10.3. The number of nitrogens with one attached hydrogen (secondary N) is 2. The highest BCUT2D eigenvalue weighted by Gasteiger charge is 2.05. The van der Waals surface area contributed by atoms with E-state index in [0.717, 1.165) is 11.5 Å². The first-order valence-electron chi connectivity index (χ1n) is 8.52. The van der Waals surface area contributed by atoms with Gasteiger partial charge in [-0.3, -0.25) is 0 Å². The molecule has 0 radical (unpaired) electrons. The van der Waals surface area contributed by atoms with Gasteiger partial charge in [0.15, 0.2) is 0 Å². The second-order valence-electron chi connectivity index (χ2n) is 5.74. The van der Waals surface area contributed by atoms with Crippen LogP contribution < -0.4 is 20.1 Å². The molecule has 0 aliphatic rings. The van der Waals surface area contributed by atoms with Gasteiger partial charge in [-0.05, 0) is 43.3 Å². The van der Waals surface area contributed by atoms with Crippen LogP contribution in [-0.4, -0.2) is 30.2 Å². The molecule has 140 valence electrons. The van der Waals surface area contributed by atoms with Crippen molar-refractivity contribution in [2.24, 2.45) is 0 Å². The molecule has 0 aliphatic heterocycles. The van der Waals surface area contributed by atoms with Gasteiger partial charge in [-0.15, -0.1) is 0 Å². The van der Waals surface area contributed by atoms with Gasteiger partial charge >= 0.3 is 0 Å². The van der Waals surface area contributed by atoms with E-state index in [1.165, 1.54) is 6.07 Å². The molecule has 0 spiro atoms. The van der Waals surface area contributed by atoms with Gasteiger partial charge in [-0.25, -0.2) is 14.4 Å². The summed E-state index contributed by atoms with van der Waals surface area (Å²) in [7, 11) is 1.62. The third kappa shape index (κ3) is 5.31. The van der Waals surface area contributed by atoms with Gasteiger partial charge in [0.25, 0.3) is 0 Å². The van der Waals surface area contributed by atoms with E-state index in [0.29, 0.717) is 36.3 Å². The molecule has 3 rings (SSSR count). The molecule has 0 saturated heterocycles. The number of hydrogen-bond acceptors (Lipinski definition) is 6. The van der Waals surface area contributed by atoms with Crippen LogP contribution in [0.25, 0.3) is 0 Å². The standard InChI is InChI=1S/C20H21FN4O2/c1-14-23-19(13-20(24-14)25-18-6-4-3-5-17(18)21)22-11-12-27-16-9-7-15(26-2)8-10-16/h3-10,13H,11-12H2,1-2H3,(H2,22,23,24,25). The Morgan fingerprint density at radius 3 is 2.41 bits per heavy atom. The monoisotopic (exact) mass is 368 g/mol. The van der Waals surface area contributed by atoms with Crippen molar-refractivity contribution in [3.63, 3.8) is 0 Å². The summed E-state index contributed by atoms with van der Waals surface area (Å²) < 4.78 is 24.6. The van der Waals surface area contributed by atoms with Crippen LogP contribution in [0.15, 0.2) is 54.6 Å². The van der Waals surface area contributed by atoms with E-state index < -0.39 is 0 Å². The van der Waals surface area contributed by atoms with Gasteiger partial charge in [-0.2, -0.15) is 0 Å². The Balaban J connectivity index is 1.55. The number of anilines is 3. The highest BCUT2D eigenvalue weighted by Crippen LogP contribution is 2.20. The number of hydrogen-bond donors (Lipinski definition) is 2. The van der Waals surface area contributed by atoms with Crippen LogP contribution in [0.2, 0.25) is 0 Å². The van der Waals surface area contributed by atoms with Crippen molar-refractivity contribution in [1.82, 2.24) is 9.97 Å². The predicted octanol–water partition coefficient (Wildman–Crippen LogP) is 4.17. The van der Waals surface area contributed by atoms with Crippen molar-refractivity contribution in [3.8, 4) is 11.5 Å². The molecule has 7 heteroatoms. The molecule has 2 aromatic carbocycles. The van der Waals surface area contributed by atoms with Crippen LogP contribution in [0.4, 0.5) is 21.7 Å². The molecule has 0 bridgehead atoms. The second kappa shape index (κ2) is 8.84. The molecule has 0 atom stereocenters. The summed E-state index contributed by atoms with van der Waals surface area (Å²) in [5.74, 6) is 2.95. The topological polar surface area (TPSA) is 68.3 Å². The van der Waals surface area contributed by atoms with Gasteiger partial charge in [-0.1, -0.05) is 12.1 Å². The summed E-state index contributed by atoms with van der Waals surface area (Å²) in [5, 5.41) is 6.16. The van der Waals surface area contributed by atoms with Crippen molar-refractivity contribution < 1.29 is 13.9 Å². The van der Waals surface area contributed by atoms with Crippen LogP contribution in [0.1, 0.15) is 5.82 Å². The molecule has 0 aliphatic carbocycles. The van der Waals surface area contributed by atoms with Crippen molar-refractivity contribution in [2.45, 2.75) is 6.92 Å². The van der Waals surface area contributed by atoms with Gasteiger partial charge < -0.3 is 20.1 Å². The van der Waals surface area contributed by atoms with Crippen LogP contribution in [-0.2, 0) is 0 Å². The van der Waals surface area contributed by atoms with E-state index in [1.807, 2.05) is 24.3 Å².